The third-order valence-corrected chi connectivity index (χ3v) is 4.95. The van der Waals surface area contributed by atoms with Crippen LogP contribution in [0.25, 0.3) is 10.8 Å². The molecule has 3 rings (SSSR count). The Morgan fingerprint density at radius 1 is 1.11 bits per heavy atom. The molecule has 27 heavy (non-hydrogen) atoms. The van der Waals surface area contributed by atoms with Crippen LogP contribution in [0.2, 0.25) is 0 Å². The van der Waals surface area contributed by atoms with Crippen LogP contribution in [0, 0.1) is 6.92 Å². The first kappa shape index (κ1) is 19.2. The number of aldehydes is 1. The highest BCUT2D eigenvalue weighted by Crippen LogP contribution is 2.46. The fourth-order valence-electron chi connectivity index (χ4n) is 3.78. The minimum absolute atomic E-state index is 0.122. The molecule has 0 aliphatic heterocycles. The lowest BCUT2D eigenvalue weighted by Gasteiger charge is -2.26. The smallest absolute Gasteiger partial charge is 0.146 e. The Morgan fingerprint density at radius 3 is 2.52 bits per heavy atom. The van der Waals surface area contributed by atoms with Gasteiger partial charge in [-0.25, -0.2) is 0 Å². The van der Waals surface area contributed by atoms with Gasteiger partial charge < -0.3 is 18.9 Å². The van der Waals surface area contributed by atoms with Crippen LogP contribution in [-0.4, -0.2) is 40.3 Å². The monoisotopic (exact) mass is 370 g/mol. The summed E-state index contributed by atoms with van der Waals surface area (Å²) in [4.78, 5) is 11.4. The summed E-state index contributed by atoms with van der Waals surface area (Å²) in [7, 11) is 4.99. The third-order valence-electron chi connectivity index (χ3n) is 4.95. The zero-order valence-corrected chi connectivity index (χ0v) is 16.5. The average molecular weight is 370 g/mol. The van der Waals surface area contributed by atoms with Crippen molar-refractivity contribution >= 4 is 17.1 Å². The quantitative estimate of drug-likeness (QED) is 0.694. The van der Waals surface area contributed by atoms with Crippen molar-refractivity contribution in [2.24, 2.45) is 0 Å². The van der Waals surface area contributed by atoms with E-state index in [4.69, 9.17) is 18.9 Å². The van der Waals surface area contributed by atoms with E-state index in [0.717, 1.165) is 56.6 Å². The number of carbonyl (C=O) groups excluding carboxylic acids is 1. The summed E-state index contributed by atoms with van der Waals surface area (Å²) >= 11 is 0. The number of rotatable bonds is 7. The van der Waals surface area contributed by atoms with Crippen LogP contribution in [0.4, 0.5) is 0 Å². The van der Waals surface area contributed by atoms with E-state index in [1.165, 1.54) is 0 Å². The van der Waals surface area contributed by atoms with E-state index in [1.54, 1.807) is 21.3 Å². The molecule has 5 heteroatoms. The fourth-order valence-corrected chi connectivity index (χ4v) is 3.78. The maximum atomic E-state index is 11.4. The topological polar surface area (TPSA) is 54.0 Å². The number of hydrogen-bond acceptors (Lipinski definition) is 5. The van der Waals surface area contributed by atoms with Gasteiger partial charge >= 0.3 is 0 Å². The molecular formula is C22H26O5. The Bertz CT molecular complexity index is 898. The predicted octanol–water partition coefficient (Wildman–Crippen LogP) is 3.80. The van der Waals surface area contributed by atoms with Gasteiger partial charge in [0.05, 0.1) is 20.8 Å². The van der Waals surface area contributed by atoms with Crippen molar-refractivity contribution in [3.8, 4) is 17.2 Å². The molecule has 1 atom stereocenters. The molecule has 0 saturated heterocycles. The molecule has 0 radical (unpaired) electrons. The Hall–Kier alpha value is -2.53. The van der Waals surface area contributed by atoms with Crippen LogP contribution in [0.1, 0.15) is 23.6 Å². The zero-order valence-electron chi connectivity index (χ0n) is 16.5. The number of ether oxygens (including phenoxy) is 4. The van der Waals surface area contributed by atoms with Gasteiger partial charge in [-0.15, -0.1) is 0 Å². The summed E-state index contributed by atoms with van der Waals surface area (Å²) < 4.78 is 22.9. The fraction of sp³-hybridized carbons (Fsp3) is 0.409. The van der Waals surface area contributed by atoms with Crippen LogP contribution in [0.3, 0.4) is 0 Å². The molecule has 0 spiro atoms. The van der Waals surface area contributed by atoms with Gasteiger partial charge in [0.1, 0.15) is 29.6 Å². The van der Waals surface area contributed by atoms with E-state index in [0.29, 0.717) is 19.4 Å². The Kier molecular flexibility index (Phi) is 5.71. The number of fused-ring (bicyclic) bond motifs is 2. The molecule has 0 bridgehead atoms. The summed E-state index contributed by atoms with van der Waals surface area (Å²) in [6.45, 7) is 4.49. The van der Waals surface area contributed by atoms with Gasteiger partial charge in [0.15, 0.2) is 0 Å². The lowest BCUT2D eigenvalue weighted by Crippen LogP contribution is -2.20. The van der Waals surface area contributed by atoms with Crippen LogP contribution >= 0.6 is 0 Å². The van der Waals surface area contributed by atoms with Crippen molar-refractivity contribution in [3.05, 3.63) is 40.5 Å². The van der Waals surface area contributed by atoms with Crippen molar-refractivity contribution in [3.63, 3.8) is 0 Å². The van der Waals surface area contributed by atoms with Crippen LogP contribution < -0.4 is 14.2 Å². The molecule has 0 amide bonds. The highest BCUT2D eigenvalue weighted by molar-refractivity contribution is 6.00. The molecule has 5 nitrogen and oxygen atoms in total. The zero-order chi connectivity index (χ0) is 19.6. The third kappa shape index (κ3) is 3.52. The minimum atomic E-state index is -0.122. The number of hydrogen-bond donors (Lipinski definition) is 0. The van der Waals surface area contributed by atoms with Crippen LogP contribution in [0.5, 0.6) is 17.2 Å². The lowest BCUT2D eigenvalue weighted by atomic mass is 9.86. The number of methoxy groups -OCH3 is 3. The van der Waals surface area contributed by atoms with E-state index >= 15 is 0 Å². The van der Waals surface area contributed by atoms with Crippen molar-refractivity contribution in [2.75, 3.05) is 27.9 Å². The maximum absolute atomic E-state index is 11.4. The highest BCUT2D eigenvalue weighted by Gasteiger charge is 2.26. The second-order valence-electron chi connectivity index (χ2n) is 6.85. The molecule has 0 N–H and O–H groups in total. The standard InChI is InChI=1S/C22H26O5/c1-13-8-16(25-4)10-19-20(13)22(27-14(2)12-24-3)18-9-15(11-23)6-7-17(18)21(19)26-5/h6,8,10-11,14H,7,9,12H2,1-5H3. The molecule has 2 aromatic carbocycles. The normalized spacial score (nSPS) is 14.3. The largest absolute Gasteiger partial charge is 0.497 e. The van der Waals surface area contributed by atoms with E-state index in [9.17, 15) is 4.79 Å². The molecule has 144 valence electrons. The minimum Gasteiger partial charge on any atom is -0.497 e. The summed E-state index contributed by atoms with van der Waals surface area (Å²) in [6, 6.07) is 3.97. The molecular weight excluding hydrogens is 344 g/mol. The van der Waals surface area contributed by atoms with Gasteiger partial charge in [-0.1, -0.05) is 6.08 Å². The molecule has 1 aliphatic rings. The molecule has 0 fully saturated rings. The van der Waals surface area contributed by atoms with Gasteiger partial charge in [0.2, 0.25) is 0 Å². The van der Waals surface area contributed by atoms with E-state index in [-0.39, 0.29) is 6.10 Å². The number of allylic oxidation sites excluding steroid dienone is 2. The second kappa shape index (κ2) is 8.01. The molecule has 0 aromatic heterocycles. The predicted molar refractivity (Wildman–Crippen MR) is 105 cm³/mol. The Labute approximate surface area is 159 Å². The molecule has 2 aromatic rings. The number of benzene rings is 2. The van der Waals surface area contributed by atoms with Gasteiger partial charge in [-0.2, -0.15) is 0 Å². The first-order chi connectivity index (χ1) is 13.0. The van der Waals surface area contributed by atoms with E-state index in [2.05, 4.69) is 0 Å². The van der Waals surface area contributed by atoms with Crippen LogP contribution in [-0.2, 0) is 22.4 Å². The van der Waals surface area contributed by atoms with Gasteiger partial charge in [0.25, 0.3) is 0 Å². The Morgan fingerprint density at radius 2 is 1.89 bits per heavy atom. The Balaban J connectivity index is 2.33. The van der Waals surface area contributed by atoms with Crippen LogP contribution in [0.15, 0.2) is 23.8 Å². The van der Waals surface area contributed by atoms with Crippen molar-refractivity contribution < 1.29 is 23.7 Å². The molecule has 0 saturated carbocycles. The average Bonchev–Trinajstić information content (AvgIpc) is 2.67. The first-order valence-electron chi connectivity index (χ1n) is 9.03. The SMILES string of the molecule is COCC(C)Oc1c2c(c(OC)c3cc(OC)cc(C)c13)CC=C(C=O)C2. The lowest BCUT2D eigenvalue weighted by molar-refractivity contribution is -0.105. The highest BCUT2D eigenvalue weighted by atomic mass is 16.5. The van der Waals surface area contributed by atoms with Gasteiger partial charge in [-0.05, 0) is 43.5 Å². The second-order valence-corrected chi connectivity index (χ2v) is 6.85. The summed E-state index contributed by atoms with van der Waals surface area (Å²) in [6.07, 6.45) is 3.92. The summed E-state index contributed by atoms with van der Waals surface area (Å²) in [5.41, 5.74) is 3.87. The maximum Gasteiger partial charge on any atom is 0.146 e. The number of aryl methyl sites for hydroxylation is 1. The molecule has 0 heterocycles. The first-order valence-corrected chi connectivity index (χ1v) is 9.03. The van der Waals surface area contributed by atoms with Crippen molar-refractivity contribution in [2.45, 2.75) is 32.8 Å². The number of carbonyl (C=O) groups is 1. The molecule has 1 unspecified atom stereocenters. The van der Waals surface area contributed by atoms with Gasteiger partial charge in [-0.3, -0.25) is 4.79 Å². The van der Waals surface area contributed by atoms with Crippen molar-refractivity contribution in [1.82, 2.24) is 0 Å². The summed E-state index contributed by atoms with van der Waals surface area (Å²) in [5, 5.41) is 1.94. The van der Waals surface area contributed by atoms with E-state index in [1.807, 2.05) is 32.1 Å². The summed E-state index contributed by atoms with van der Waals surface area (Å²) in [5.74, 6) is 2.39. The van der Waals surface area contributed by atoms with Crippen molar-refractivity contribution in [1.29, 1.82) is 0 Å². The molecule has 1 aliphatic carbocycles. The van der Waals surface area contributed by atoms with E-state index < -0.39 is 0 Å². The van der Waals surface area contributed by atoms with Gasteiger partial charge in [0, 0.05) is 35.4 Å².